The van der Waals surface area contributed by atoms with Gasteiger partial charge >= 0.3 is 11.1 Å². The molecular weight excluding hydrogens is 242 g/mol. The highest BCUT2D eigenvalue weighted by molar-refractivity contribution is 5.78. The minimum atomic E-state index is -0.613. The van der Waals surface area contributed by atoms with E-state index in [4.69, 9.17) is 0 Å². The molecular formula is C14H17N3O2. The number of anilines is 1. The van der Waals surface area contributed by atoms with E-state index in [0.717, 1.165) is 5.69 Å². The number of nitrogens with one attached hydrogen (secondary N) is 3. The van der Waals surface area contributed by atoms with Crippen LogP contribution >= 0.6 is 0 Å². The molecule has 2 aromatic rings. The lowest BCUT2D eigenvalue weighted by Crippen LogP contribution is -2.29. The molecule has 19 heavy (non-hydrogen) atoms. The van der Waals surface area contributed by atoms with E-state index in [1.54, 1.807) is 0 Å². The number of benzene rings is 1. The van der Waals surface area contributed by atoms with Gasteiger partial charge in [-0.1, -0.05) is 13.3 Å². The van der Waals surface area contributed by atoms with E-state index in [2.05, 4.69) is 22.2 Å². The molecule has 5 heteroatoms. The van der Waals surface area contributed by atoms with Crippen LogP contribution < -0.4 is 16.4 Å². The number of hydrogen-bond acceptors (Lipinski definition) is 3. The second kappa shape index (κ2) is 4.57. The summed E-state index contributed by atoms with van der Waals surface area (Å²) in [6.45, 7) is 2.26. The predicted molar refractivity (Wildman–Crippen MR) is 75.6 cm³/mol. The Morgan fingerprint density at radius 3 is 2.53 bits per heavy atom. The van der Waals surface area contributed by atoms with Crippen molar-refractivity contribution in [1.82, 2.24) is 9.97 Å². The Balaban J connectivity index is 1.95. The van der Waals surface area contributed by atoms with Gasteiger partial charge in [-0.05, 0) is 37.0 Å². The zero-order chi connectivity index (χ0) is 13.4. The lowest BCUT2D eigenvalue weighted by atomic mass is 10.1. The molecule has 5 nitrogen and oxygen atoms in total. The zero-order valence-electron chi connectivity index (χ0n) is 10.8. The molecule has 1 aliphatic rings. The van der Waals surface area contributed by atoms with Crippen molar-refractivity contribution in [3.8, 4) is 0 Å². The van der Waals surface area contributed by atoms with E-state index in [0.29, 0.717) is 23.0 Å². The molecule has 100 valence electrons. The van der Waals surface area contributed by atoms with Crippen LogP contribution in [-0.2, 0) is 0 Å². The van der Waals surface area contributed by atoms with E-state index in [-0.39, 0.29) is 0 Å². The van der Waals surface area contributed by atoms with Crippen molar-refractivity contribution in [3.05, 3.63) is 38.9 Å². The van der Waals surface area contributed by atoms with Gasteiger partial charge in [-0.2, -0.15) is 0 Å². The van der Waals surface area contributed by atoms with Crippen LogP contribution in [0.15, 0.2) is 27.8 Å². The van der Waals surface area contributed by atoms with Crippen LogP contribution in [0, 0.1) is 5.92 Å². The van der Waals surface area contributed by atoms with Crippen LogP contribution in [0.3, 0.4) is 0 Å². The van der Waals surface area contributed by atoms with E-state index in [1.165, 1.54) is 19.3 Å². The van der Waals surface area contributed by atoms with Crippen molar-refractivity contribution >= 4 is 16.7 Å². The molecule has 2 atom stereocenters. The number of hydrogen-bond donors (Lipinski definition) is 3. The number of aromatic amines is 2. The minimum absolute atomic E-state index is 0.493. The molecule has 2 unspecified atom stereocenters. The van der Waals surface area contributed by atoms with Crippen molar-refractivity contribution in [2.45, 2.75) is 32.2 Å². The number of H-pyrrole nitrogens is 2. The van der Waals surface area contributed by atoms with Gasteiger partial charge in [-0.3, -0.25) is 9.59 Å². The van der Waals surface area contributed by atoms with Crippen molar-refractivity contribution in [2.24, 2.45) is 5.92 Å². The van der Waals surface area contributed by atoms with Gasteiger partial charge in [0.1, 0.15) is 0 Å². The Morgan fingerprint density at radius 1 is 1.11 bits per heavy atom. The van der Waals surface area contributed by atoms with Gasteiger partial charge in [-0.25, -0.2) is 0 Å². The molecule has 1 heterocycles. The average molecular weight is 259 g/mol. The summed E-state index contributed by atoms with van der Waals surface area (Å²) in [5.41, 5.74) is 1.06. The number of aromatic nitrogens is 2. The van der Waals surface area contributed by atoms with Crippen molar-refractivity contribution < 1.29 is 0 Å². The van der Waals surface area contributed by atoms with E-state index < -0.39 is 11.1 Å². The highest BCUT2D eigenvalue weighted by atomic mass is 16.2. The molecule has 1 saturated carbocycles. The fourth-order valence-electron chi connectivity index (χ4n) is 2.78. The summed E-state index contributed by atoms with van der Waals surface area (Å²) in [4.78, 5) is 27.7. The predicted octanol–water partition coefficient (Wildman–Crippen LogP) is 1.82. The standard InChI is InChI=1S/C14H17N3O2/c1-8-3-2-4-10(8)15-9-5-6-11-12(7-9)17-14(19)13(18)16-11/h5-8,10,15H,2-4H2,1H3,(H,16,18)(H,17,19). The molecule has 1 fully saturated rings. The third-order valence-electron chi connectivity index (χ3n) is 3.94. The molecule has 0 aliphatic heterocycles. The van der Waals surface area contributed by atoms with Crippen LogP contribution in [0.2, 0.25) is 0 Å². The lowest BCUT2D eigenvalue weighted by Gasteiger charge is -2.18. The van der Waals surface area contributed by atoms with Gasteiger partial charge in [0.2, 0.25) is 0 Å². The second-order valence-electron chi connectivity index (χ2n) is 5.33. The largest absolute Gasteiger partial charge is 0.382 e. The van der Waals surface area contributed by atoms with E-state index in [9.17, 15) is 9.59 Å². The van der Waals surface area contributed by atoms with Gasteiger partial charge in [0.15, 0.2) is 0 Å². The summed E-state index contributed by atoms with van der Waals surface area (Å²) in [6, 6.07) is 6.11. The van der Waals surface area contributed by atoms with Crippen LogP contribution in [0.4, 0.5) is 5.69 Å². The van der Waals surface area contributed by atoms with Gasteiger partial charge < -0.3 is 15.3 Å². The maximum atomic E-state index is 11.3. The molecule has 0 amide bonds. The van der Waals surface area contributed by atoms with Gasteiger partial charge in [0.25, 0.3) is 0 Å². The second-order valence-corrected chi connectivity index (χ2v) is 5.33. The maximum Gasteiger partial charge on any atom is 0.314 e. The first-order chi connectivity index (χ1) is 9.13. The Labute approximate surface area is 110 Å². The van der Waals surface area contributed by atoms with Gasteiger partial charge in [0.05, 0.1) is 11.0 Å². The quantitative estimate of drug-likeness (QED) is 0.720. The summed E-state index contributed by atoms with van der Waals surface area (Å²) < 4.78 is 0. The molecule has 0 spiro atoms. The molecule has 1 aromatic carbocycles. The summed E-state index contributed by atoms with van der Waals surface area (Å²) in [6.07, 6.45) is 3.70. The zero-order valence-corrected chi connectivity index (χ0v) is 10.8. The Morgan fingerprint density at radius 2 is 1.84 bits per heavy atom. The van der Waals surface area contributed by atoms with Crippen molar-refractivity contribution in [3.63, 3.8) is 0 Å². The van der Waals surface area contributed by atoms with Crippen LogP contribution in [0.25, 0.3) is 11.0 Å². The summed E-state index contributed by atoms with van der Waals surface area (Å²) in [5.74, 6) is 0.672. The third kappa shape index (κ3) is 2.28. The van der Waals surface area contributed by atoms with Gasteiger partial charge in [-0.15, -0.1) is 0 Å². The highest BCUT2D eigenvalue weighted by Gasteiger charge is 2.22. The first-order valence-electron chi connectivity index (χ1n) is 6.66. The van der Waals surface area contributed by atoms with Crippen molar-refractivity contribution in [1.29, 1.82) is 0 Å². The molecule has 3 N–H and O–H groups in total. The Bertz CT molecular complexity index is 716. The summed E-state index contributed by atoms with van der Waals surface area (Å²) >= 11 is 0. The van der Waals surface area contributed by atoms with E-state index >= 15 is 0 Å². The average Bonchev–Trinajstić information content (AvgIpc) is 2.77. The van der Waals surface area contributed by atoms with Crippen LogP contribution in [0.5, 0.6) is 0 Å². The summed E-state index contributed by atoms with van der Waals surface area (Å²) in [7, 11) is 0. The Kier molecular flexibility index (Phi) is 2.89. The topological polar surface area (TPSA) is 77.8 Å². The smallest absolute Gasteiger partial charge is 0.314 e. The number of fused-ring (bicyclic) bond motifs is 1. The minimum Gasteiger partial charge on any atom is -0.382 e. The van der Waals surface area contributed by atoms with Crippen LogP contribution in [-0.4, -0.2) is 16.0 Å². The number of rotatable bonds is 2. The molecule has 0 bridgehead atoms. The van der Waals surface area contributed by atoms with Gasteiger partial charge in [0, 0.05) is 11.7 Å². The maximum absolute atomic E-state index is 11.3. The molecule has 3 rings (SSSR count). The van der Waals surface area contributed by atoms with Crippen molar-refractivity contribution in [2.75, 3.05) is 5.32 Å². The molecule has 0 radical (unpaired) electrons. The van der Waals surface area contributed by atoms with E-state index in [1.807, 2.05) is 18.2 Å². The monoisotopic (exact) mass is 259 g/mol. The molecule has 1 aromatic heterocycles. The highest BCUT2D eigenvalue weighted by Crippen LogP contribution is 2.28. The normalized spacial score (nSPS) is 22.8. The summed E-state index contributed by atoms with van der Waals surface area (Å²) in [5, 5.41) is 3.50. The third-order valence-corrected chi connectivity index (χ3v) is 3.94. The molecule has 0 saturated heterocycles. The SMILES string of the molecule is CC1CCCC1Nc1ccc2[nH]c(=O)c(=O)[nH]c2c1. The fourth-order valence-corrected chi connectivity index (χ4v) is 2.78. The first kappa shape index (κ1) is 12.0. The Hall–Kier alpha value is -2.04. The van der Waals surface area contributed by atoms with Crippen LogP contribution in [0.1, 0.15) is 26.2 Å². The fraction of sp³-hybridized carbons (Fsp3) is 0.429. The lowest BCUT2D eigenvalue weighted by molar-refractivity contribution is 0.556. The first-order valence-corrected chi connectivity index (χ1v) is 6.66. The molecule has 1 aliphatic carbocycles.